The first kappa shape index (κ1) is 28.4. The largest absolute Gasteiger partial charge is 0.309 e. The molecule has 234 valence electrons. The average Bonchev–Trinajstić information content (AvgIpc) is 3.72. The Balaban J connectivity index is 1.20. The Kier molecular flexibility index (Phi) is 6.53. The summed E-state index contributed by atoms with van der Waals surface area (Å²) in [4.78, 5) is 0. The van der Waals surface area contributed by atoms with E-state index in [4.69, 9.17) is 0 Å². The quantitative estimate of drug-likeness (QED) is 0.178. The molecule has 0 saturated carbocycles. The summed E-state index contributed by atoms with van der Waals surface area (Å²) in [6.45, 7) is 0. The van der Waals surface area contributed by atoms with Crippen LogP contribution < -0.4 is 0 Å². The topological polar surface area (TPSA) is 9.86 Å². The second-order valence-corrected chi connectivity index (χ2v) is 13.0. The van der Waals surface area contributed by atoms with E-state index < -0.39 is 0 Å². The summed E-state index contributed by atoms with van der Waals surface area (Å²) in [6, 6.07) is 70.3. The lowest BCUT2D eigenvalue weighted by atomic mass is 9.93. The minimum atomic E-state index is 1.14. The molecule has 0 spiro atoms. The molecule has 0 aliphatic heterocycles. The molecule has 0 N–H and O–H groups in total. The molecular weight excluding hydrogens is 605 g/mol. The molecule has 0 radical (unpaired) electrons. The highest BCUT2D eigenvalue weighted by Crippen LogP contribution is 2.42. The summed E-state index contributed by atoms with van der Waals surface area (Å²) < 4.78 is 4.87. The fourth-order valence-corrected chi connectivity index (χ4v) is 7.82. The zero-order valence-electron chi connectivity index (χ0n) is 27.4. The van der Waals surface area contributed by atoms with Crippen molar-refractivity contribution in [3.63, 3.8) is 0 Å². The molecular formula is C48H32N2. The third-order valence-electron chi connectivity index (χ3n) is 10.1. The zero-order chi connectivity index (χ0) is 33.0. The highest BCUT2D eigenvalue weighted by molar-refractivity contribution is 6.26. The molecule has 0 atom stereocenters. The van der Waals surface area contributed by atoms with Crippen LogP contribution in [0.25, 0.3) is 88.4 Å². The van der Waals surface area contributed by atoms with Crippen molar-refractivity contribution in [3.05, 3.63) is 194 Å². The van der Waals surface area contributed by atoms with Crippen LogP contribution >= 0.6 is 0 Å². The Bertz CT molecular complexity index is 2770. The van der Waals surface area contributed by atoms with E-state index in [0.29, 0.717) is 0 Å². The van der Waals surface area contributed by atoms with Crippen LogP contribution in [0.5, 0.6) is 0 Å². The fraction of sp³-hybridized carbons (Fsp3) is 0. The zero-order valence-corrected chi connectivity index (χ0v) is 27.4. The van der Waals surface area contributed by atoms with E-state index in [-0.39, 0.29) is 0 Å². The monoisotopic (exact) mass is 636 g/mol. The summed E-state index contributed by atoms with van der Waals surface area (Å²) >= 11 is 0. The standard InChI is InChI=1S/C48H32N2/c1-4-14-33(15-5-1)36-30-37(34-16-6-2-7-17-34)32-38(31-36)35-24-26-40(27-25-35)50-44-22-12-10-20-41(44)42-28-29-46-47(48(42)50)43-21-11-13-23-45(43)49(46)39-18-8-3-9-19-39/h1-32H. The molecule has 0 aliphatic rings. The molecule has 0 aliphatic carbocycles. The second-order valence-electron chi connectivity index (χ2n) is 13.0. The summed E-state index contributed by atoms with van der Waals surface area (Å²) in [7, 11) is 0. The molecule has 2 heterocycles. The van der Waals surface area contributed by atoms with Crippen molar-refractivity contribution < 1.29 is 0 Å². The SMILES string of the molecule is c1ccc(-c2cc(-c3ccccc3)cc(-c3ccc(-n4c5ccccc5c5ccc6c(c7ccccc7n6-c6ccccc6)c54)cc3)c2)cc1. The lowest BCUT2D eigenvalue weighted by Gasteiger charge is -2.13. The van der Waals surface area contributed by atoms with Gasteiger partial charge in [-0.25, -0.2) is 0 Å². The van der Waals surface area contributed by atoms with E-state index in [9.17, 15) is 0 Å². The van der Waals surface area contributed by atoms with Gasteiger partial charge in [-0.2, -0.15) is 0 Å². The molecule has 0 fully saturated rings. The van der Waals surface area contributed by atoms with Crippen LogP contribution in [0.3, 0.4) is 0 Å². The van der Waals surface area contributed by atoms with Crippen LogP contribution in [0, 0.1) is 0 Å². The number of fused-ring (bicyclic) bond motifs is 7. The Hall–Kier alpha value is -6.64. The van der Waals surface area contributed by atoms with Gasteiger partial charge >= 0.3 is 0 Å². The van der Waals surface area contributed by atoms with Gasteiger partial charge in [0.2, 0.25) is 0 Å². The molecule has 2 aromatic heterocycles. The van der Waals surface area contributed by atoms with Crippen molar-refractivity contribution in [2.75, 3.05) is 0 Å². The molecule has 10 aromatic rings. The lowest BCUT2D eigenvalue weighted by Crippen LogP contribution is -1.95. The number of para-hydroxylation sites is 3. The number of rotatable bonds is 5. The van der Waals surface area contributed by atoms with Crippen LogP contribution in [0.4, 0.5) is 0 Å². The van der Waals surface area contributed by atoms with Crippen molar-refractivity contribution in [1.29, 1.82) is 0 Å². The van der Waals surface area contributed by atoms with Crippen molar-refractivity contribution in [2.24, 2.45) is 0 Å². The maximum Gasteiger partial charge on any atom is 0.0641 e. The predicted octanol–water partition coefficient (Wildman–Crippen LogP) is 12.9. The number of nitrogens with zero attached hydrogens (tertiary/aromatic N) is 2. The van der Waals surface area contributed by atoms with Crippen LogP contribution in [-0.4, -0.2) is 9.13 Å². The Morgan fingerprint density at radius 3 is 1.32 bits per heavy atom. The maximum atomic E-state index is 2.47. The van der Waals surface area contributed by atoms with Crippen molar-refractivity contribution >= 4 is 43.6 Å². The van der Waals surface area contributed by atoms with Crippen LogP contribution in [0.15, 0.2) is 194 Å². The highest BCUT2D eigenvalue weighted by Gasteiger charge is 2.20. The van der Waals surface area contributed by atoms with E-state index >= 15 is 0 Å². The average molecular weight is 637 g/mol. The van der Waals surface area contributed by atoms with E-state index in [1.165, 1.54) is 77.0 Å². The van der Waals surface area contributed by atoms with Crippen molar-refractivity contribution in [1.82, 2.24) is 9.13 Å². The molecule has 0 amide bonds. The van der Waals surface area contributed by atoms with Crippen LogP contribution in [-0.2, 0) is 0 Å². The first-order chi connectivity index (χ1) is 24.8. The maximum absolute atomic E-state index is 2.47. The predicted molar refractivity (Wildman–Crippen MR) is 211 cm³/mol. The molecule has 0 saturated heterocycles. The van der Waals surface area contributed by atoms with Crippen LogP contribution in [0.1, 0.15) is 0 Å². The van der Waals surface area contributed by atoms with E-state index in [1.54, 1.807) is 0 Å². The van der Waals surface area contributed by atoms with Gasteiger partial charge in [0.05, 0.1) is 22.1 Å². The van der Waals surface area contributed by atoms with Crippen LogP contribution in [0.2, 0.25) is 0 Å². The van der Waals surface area contributed by atoms with Crippen molar-refractivity contribution in [2.45, 2.75) is 0 Å². The Labute approximate surface area is 290 Å². The Morgan fingerprint density at radius 2 is 0.720 bits per heavy atom. The van der Waals surface area contributed by atoms with Gasteiger partial charge in [0.1, 0.15) is 0 Å². The molecule has 10 rings (SSSR count). The number of aromatic nitrogens is 2. The summed E-state index contributed by atoms with van der Waals surface area (Å²) in [5.74, 6) is 0. The van der Waals surface area contributed by atoms with E-state index in [1.807, 2.05) is 0 Å². The first-order valence-electron chi connectivity index (χ1n) is 17.2. The Morgan fingerprint density at radius 1 is 0.260 bits per heavy atom. The van der Waals surface area contributed by atoms with Gasteiger partial charge in [0, 0.05) is 32.9 Å². The minimum Gasteiger partial charge on any atom is -0.309 e. The third kappa shape index (κ3) is 4.50. The highest BCUT2D eigenvalue weighted by atomic mass is 15.0. The normalized spacial score (nSPS) is 11.6. The van der Waals surface area contributed by atoms with Gasteiger partial charge in [-0.05, 0) is 94.0 Å². The number of benzene rings is 8. The van der Waals surface area contributed by atoms with Gasteiger partial charge in [-0.15, -0.1) is 0 Å². The summed E-state index contributed by atoms with van der Waals surface area (Å²) in [5, 5.41) is 5.04. The lowest BCUT2D eigenvalue weighted by molar-refractivity contribution is 1.17. The third-order valence-corrected chi connectivity index (χ3v) is 10.1. The van der Waals surface area contributed by atoms with E-state index in [2.05, 4.69) is 203 Å². The molecule has 50 heavy (non-hydrogen) atoms. The van der Waals surface area contributed by atoms with Crippen molar-refractivity contribution in [3.8, 4) is 44.8 Å². The fourth-order valence-electron chi connectivity index (χ4n) is 7.82. The van der Waals surface area contributed by atoms with Gasteiger partial charge in [-0.3, -0.25) is 0 Å². The number of hydrogen-bond donors (Lipinski definition) is 0. The molecule has 8 aromatic carbocycles. The van der Waals surface area contributed by atoms with Gasteiger partial charge in [0.25, 0.3) is 0 Å². The molecule has 2 nitrogen and oxygen atoms in total. The van der Waals surface area contributed by atoms with Gasteiger partial charge < -0.3 is 9.13 Å². The summed E-state index contributed by atoms with van der Waals surface area (Å²) in [6.07, 6.45) is 0. The summed E-state index contributed by atoms with van der Waals surface area (Å²) in [5.41, 5.74) is 14.4. The molecule has 2 heteroatoms. The minimum absolute atomic E-state index is 1.14. The number of hydrogen-bond acceptors (Lipinski definition) is 0. The molecule has 0 unspecified atom stereocenters. The second kappa shape index (κ2) is 11.5. The smallest absolute Gasteiger partial charge is 0.0641 e. The van der Waals surface area contributed by atoms with Gasteiger partial charge in [-0.1, -0.05) is 133 Å². The van der Waals surface area contributed by atoms with E-state index in [0.717, 1.165) is 11.4 Å². The first-order valence-corrected chi connectivity index (χ1v) is 17.2. The van der Waals surface area contributed by atoms with Gasteiger partial charge in [0.15, 0.2) is 0 Å². The molecule has 0 bridgehead atoms.